The van der Waals surface area contributed by atoms with E-state index in [0.717, 1.165) is 23.5 Å². The van der Waals surface area contributed by atoms with E-state index in [1.165, 1.54) is 11.8 Å². The summed E-state index contributed by atoms with van der Waals surface area (Å²) in [6.07, 6.45) is 4.54. The Bertz CT molecular complexity index is 512. The van der Waals surface area contributed by atoms with E-state index >= 15 is 0 Å². The minimum Gasteiger partial charge on any atom is -0.490 e. The molecule has 0 atom stereocenters. The van der Waals surface area contributed by atoms with Gasteiger partial charge in [-0.1, -0.05) is 17.8 Å². The fourth-order valence-electron chi connectivity index (χ4n) is 1.74. The topological polar surface area (TPSA) is 66.6 Å². The van der Waals surface area contributed by atoms with Crippen LogP contribution < -0.4 is 14.8 Å². The van der Waals surface area contributed by atoms with Crippen LogP contribution in [0.5, 0.6) is 11.5 Å². The van der Waals surface area contributed by atoms with Gasteiger partial charge in [0.2, 0.25) is 0 Å². The van der Waals surface area contributed by atoms with Crippen LogP contribution in [0.15, 0.2) is 23.2 Å². The van der Waals surface area contributed by atoms with Crippen molar-refractivity contribution in [2.24, 2.45) is 4.99 Å². The smallest absolute Gasteiger partial charge is 0.183 e. The zero-order valence-electron chi connectivity index (χ0n) is 12.7. The molecule has 1 aromatic carbocycles. The van der Waals surface area contributed by atoms with E-state index in [1.807, 2.05) is 44.5 Å². The molecule has 0 aliphatic carbocycles. The Labute approximate surface area is 130 Å². The maximum atomic E-state index is 8.57. The van der Waals surface area contributed by atoms with Gasteiger partial charge in [-0.05, 0) is 44.2 Å². The van der Waals surface area contributed by atoms with Gasteiger partial charge in [0.1, 0.15) is 0 Å². The van der Waals surface area contributed by atoms with E-state index in [9.17, 15) is 0 Å². The first-order chi connectivity index (χ1) is 10.2. The highest BCUT2D eigenvalue weighted by Crippen LogP contribution is 2.28. The first kappa shape index (κ1) is 17.2. The lowest BCUT2D eigenvalue weighted by molar-refractivity contribution is 0.287. The Morgan fingerprint density at radius 2 is 2.00 bits per heavy atom. The van der Waals surface area contributed by atoms with Crippen LogP contribution >= 0.6 is 11.8 Å². The lowest BCUT2D eigenvalue weighted by Crippen LogP contribution is -2.14. The average molecular weight is 307 g/mol. The number of nitrogens with one attached hydrogen (secondary N) is 1. The van der Waals surface area contributed by atoms with Crippen LogP contribution in [-0.2, 0) is 6.42 Å². The van der Waals surface area contributed by atoms with Crippen LogP contribution in [-0.4, -0.2) is 31.2 Å². The van der Waals surface area contributed by atoms with Gasteiger partial charge in [0.15, 0.2) is 22.9 Å². The fourth-order valence-corrected chi connectivity index (χ4v) is 2.11. The summed E-state index contributed by atoms with van der Waals surface area (Å²) in [7, 11) is 0. The van der Waals surface area contributed by atoms with E-state index in [1.54, 1.807) is 0 Å². The molecule has 0 unspecified atom stereocenters. The molecule has 0 bridgehead atoms. The van der Waals surface area contributed by atoms with Crippen LogP contribution in [0.3, 0.4) is 0 Å². The number of nitrogens with zero attached hydrogens (tertiary/aromatic N) is 2. The third-order valence-corrected chi connectivity index (χ3v) is 3.24. The van der Waals surface area contributed by atoms with Crippen molar-refractivity contribution >= 4 is 16.9 Å². The van der Waals surface area contributed by atoms with E-state index in [2.05, 4.69) is 10.3 Å². The number of amidine groups is 1. The number of hydrogen-bond donors (Lipinski definition) is 1. The van der Waals surface area contributed by atoms with Crippen molar-refractivity contribution in [2.45, 2.75) is 20.3 Å². The Hall–Kier alpha value is -1.87. The van der Waals surface area contributed by atoms with E-state index in [0.29, 0.717) is 24.9 Å². The van der Waals surface area contributed by atoms with Crippen LogP contribution in [0.4, 0.5) is 0 Å². The highest BCUT2D eigenvalue weighted by molar-refractivity contribution is 8.13. The molecule has 6 heteroatoms. The lowest BCUT2D eigenvalue weighted by atomic mass is 10.1. The van der Waals surface area contributed by atoms with Gasteiger partial charge >= 0.3 is 0 Å². The van der Waals surface area contributed by atoms with Crippen LogP contribution in [0, 0.1) is 11.5 Å². The number of thioether (sulfide) groups is 1. The van der Waals surface area contributed by atoms with Gasteiger partial charge < -0.3 is 9.47 Å². The molecule has 5 nitrogen and oxygen atoms in total. The average Bonchev–Trinajstić information content (AvgIpc) is 2.49. The molecular formula is C15H21N3O2S. The standard InChI is InChI=1S/C15H21N3O2S/c1-4-19-13-7-6-12(10-14(13)20-5-2)8-9-17-15(21-3)18-11-16/h6-7,10H,4-5,8-9H2,1-3H3,(H,17,18). The molecule has 0 aliphatic rings. The van der Waals surface area contributed by atoms with Crippen molar-refractivity contribution in [1.82, 2.24) is 5.32 Å². The number of rotatable bonds is 7. The molecule has 0 saturated heterocycles. The Morgan fingerprint density at radius 3 is 2.62 bits per heavy atom. The summed E-state index contributed by atoms with van der Waals surface area (Å²) >= 11 is 1.42. The van der Waals surface area contributed by atoms with Crippen molar-refractivity contribution in [3.8, 4) is 17.7 Å². The maximum Gasteiger partial charge on any atom is 0.183 e. The van der Waals surface area contributed by atoms with Crippen LogP contribution in [0.2, 0.25) is 0 Å². The van der Waals surface area contributed by atoms with Crippen molar-refractivity contribution < 1.29 is 9.47 Å². The second kappa shape index (κ2) is 9.94. The van der Waals surface area contributed by atoms with Gasteiger partial charge in [-0.3, -0.25) is 10.3 Å². The fraction of sp³-hybridized carbons (Fsp3) is 0.467. The van der Waals surface area contributed by atoms with E-state index in [4.69, 9.17) is 14.7 Å². The van der Waals surface area contributed by atoms with Crippen molar-refractivity contribution in [3.63, 3.8) is 0 Å². The molecule has 0 radical (unpaired) electrons. The second-order valence-corrected chi connectivity index (χ2v) is 4.82. The highest BCUT2D eigenvalue weighted by atomic mass is 32.2. The third kappa shape index (κ3) is 5.96. The highest BCUT2D eigenvalue weighted by Gasteiger charge is 2.06. The number of ether oxygens (including phenoxy) is 2. The molecule has 21 heavy (non-hydrogen) atoms. The number of nitriles is 1. The molecule has 1 rings (SSSR count). The molecule has 0 aromatic heterocycles. The first-order valence-corrected chi connectivity index (χ1v) is 8.09. The maximum absolute atomic E-state index is 8.57. The lowest BCUT2D eigenvalue weighted by Gasteiger charge is -2.12. The molecular weight excluding hydrogens is 286 g/mol. The summed E-state index contributed by atoms with van der Waals surface area (Å²) in [5, 5.41) is 11.8. The van der Waals surface area contributed by atoms with Crippen LogP contribution in [0.25, 0.3) is 0 Å². The third-order valence-electron chi connectivity index (χ3n) is 2.62. The summed E-state index contributed by atoms with van der Waals surface area (Å²) in [5.41, 5.74) is 1.13. The number of aliphatic imine (C=N–C) groups is 1. The largest absolute Gasteiger partial charge is 0.490 e. The van der Waals surface area contributed by atoms with Gasteiger partial charge in [0, 0.05) is 6.54 Å². The van der Waals surface area contributed by atoms with E-state index < -0.39 is 0 Å². The summed E-state index contributed by atoms with van der Waals surface area (Å²) in [5.74, 6) is 1.53. The Balaban J connectivity index is 2.71. The molecule has 0 amide bonds. The van der Waals surface area contributed by atoms with Crippen molar-refractivity contribution in [3.05, 3.63) is 23.8 Å². The van der Waals surface area contributed by atoms with Crippen molar-refractivity contribution in [2.75, 3.05) is 26.0 Å². The zero-order valence-corrected chi connectivity index (χ0v) is 13.5. The van der Waals surface area contributed by atoms with Crippen molar-refractivity contribution in [1.29, 1.82) is 5.26 Å². The Kier molecular flexibility index (Phi) is 8.14. The predicted octanol–water partition coefficient (Wildman–Crippen LogP) is 2.82. The summed E-state index contributed by atoms with van der Waals surface area (Å²) in [4.78, 5) is 4.34. The van der Waals surface area contributed by atoms with Gasteiger partial charge in [0.05, 0.1) is 13.2 Å². The van der Waals surface area contributed by atoms with Crippen LogP contribution in [0.1, 0.15) is 19.4 Å². The number of hydrogen-bond acceptors (Lipinski definition) is 5. The molecule has 1 N–H and O–H groups in total. The van der Waals surface area contributed by atoms with Gasteiger partial charge in [-0.25, -0.2) is 0 Å². The molecule has 0 aliphatic heterocycles. The monoisotopic (exact) mass is 307 g/mol. The minimum atomic E-state index is 0.602. The second-order valence-electron chi connectivity index (χ2n) is 4.02. The van der Waals surface area contributed by atoms with Gasteiger partial charge in [-0.2, -0.15) is 5.26 Å². The Morgan fingerprint density at radius 1 is 1.29 bits per heavy atom. The predicted molar refractivity (Wildman–Crippen MR) is 87.0 cm³/mol. The summed E-state index contributed by atoms with van der Waals surface area (Å²) in [6.45, 7) is 5.73. The molecule has 0 heterocycles. The van der Waals surface area contributed by atoms with Gasteiger partial charge in [0.25, 0.3) is 0 Å². The zero-order chi connectivity index (χ0) is 15.5. The summed E-state index contributed by atoms with van der Waals surface area (Å²) < 4.78 is 11.1. The normalized spacial score (nSPS) is 10.9. The molecule has 1 aromatic rings. The molecule has 0 saturated carbocycles. The SMILES string of the molecule is CCOc1ccc(CCN=C(NC#N)SC)cc1OCC. The molecule has 114 valence electrons. The van der Waals surface area contributed by atoms with E-state index in [-0.39, 0.29) is 0 Å². The van der Waals surface area contributed by atoms with Gasteiger partial charge in [-0.15, -0.1) is 0 Å². The minimum absolute atomic E-state index is 0.602. The quantitative estimate of drug-likeness (QED) is 0.363. The summed E-state index contributed by atoms with van der Waals surface area (Å²) in [6, 6.07) is 5.93. The number of benzene rings is 1. The molecule has 0 fully saturated rings. The first-order valence-electron chi connectivity index (χ1n) is 6.87. The molecule has 0 spiro atoms.